The van der Waals surface area contributed by atoms with Crippen molar-refractivity contribution in [1.29, 1.82) is 0 Å². The van der Waals surface area contributed by atoms with Gasteiger partial charge in [-0.3, -0.25) is 0 Å². The SMILES string of the molecule is C[CH2][Al]([CH2]C)[CH2]C.[Ni]. The van der Waals surface area contributed by atoms with Gasteiger partial charge < -0.3 is 0 Å². The summed E-state index contributed by atoms with van der Waals surface area (Å²) in [5.41, 5.74) is 0. The van der Waals surface area contributed by atoms with Gasteiger partial charge in [-0.2, -0.15) is 0 Å². The Morgan fingerprint density at radius 1 is 0.875 bits per heavy atom. The Balaban J connectivity index is 0. The molecule has 2 heteroatoms. The zero-order chi connectivity index (χ0) is 5.70. The molecule has 0 unspecified atom stereocenters. The minimum Gasteiger partial charge on any atom is -0.0967 e. The van der Waals surface area contributed by atoms with Gasteiger partial charge in [0.2, 0.25) is 0 Å². The molecule has 0 heterocycles. The average molecular weight is 173 g/mol. The quantitative estimate of drug-likeness (QED) is 0.575. The zero-order valence-corrected chi connectivity index (χ0v) is 8.16. The van der Waals surface area contributed by atoms with Crippen LogP contribution in [-0.4, -0.2) is 14.1 Å². The fourth-order valence-corrected chi connectivity index (χ4v) is 2.60. The summed E-state index contributed by atoms with van der Waals surface area (Å²) in [6, 6.07) is 0. The van der Waals surface area contributed by atoms with Crippen molar-refractivity contribution in [3.8, 4) is 0 Å². The summed E-state index contributed by atoms with van der Waals surface area (Å²) in [5.74, 6) is 0. The van der Waals surface area contributed by atoms with Gasteiger partial charge in [0.25, 0.3) is 14.1 Å². The van der Waals surface area contributed by atoms with Gasteiger partial charge in [0.15, 0.2) is 0 Å². The third-order valence-corrected chi connectivity index (χ3v) is 5.20. The largest absolute Gasteiger partial charge is 0.261 e. The first-order chi connectivity index (χ1) is 3.35. The minimum atomic E-state index is -0.171. The van der Waals surface area contributed by atoms with Gasteiger partial charge in [-0.25, -0.2) is 0 Å². The summed E-state index contributed by atoms with van der Waals surface area (Å²) in [5, 5.41) is 4.48. The van der Waals surface area contributed by atoms with Crippen molar-refractivity contribution in [1.82, 2.24) is 0 Å². The molecule has 0 bridgehead atoms. The van der Waals surface area contributed by atoms with Crippen molar-refractivity contribution in [2.45, 2.75) is 36.6 Å². The van der Waals surface area contributed by atoms with Gasteiger partial charge >= 0.3 is 0 Å². The number of rotatable bonds is 3. The Bertz CT molecular complexity index is 30.0. The van der Waals surface area contributed by atoms with Crippen molar-refractivity contribution < 1.29 is 16.5 Å². The maximum absolute atomic E-state index is 2.32. The Kier molecular flexibility index (Phi) is 11.8. The van der Waals surface area contributed by atoms with E-state index in [1.165, 1.54) is 15.8 Å². The maximum atomic E-state index is 2.32. The predicted molar refractivity (Wildman–Crippen MR) is 37.2 cm³/mol. The predicted octanol–water partition coefficient (Wildman–Crippen LogP) is 2.54. The molecule has 0 fully saturated rings. The van der Waals surface area contributed by atoms with Crippen molar-refractivity contribution in [2.75, 3.05) is 0 Å². The standard InChI is InChI=1S/3C2H5.Al.Ni/c3*1-2;;/h3*1H2,2H3;;. The Morgan fingerprint density at radius 3 is 1.12 bits per heavy atom. The number of hydrogen-bond acceptors (Lipinski definition) is 0. The van der Waals surface area contributed by atoms with Crippen molar-refractivity contribution in [3.05, 3.63) is 0 Å². The van der Waals surface area contributed by atoms with Crippen LogP contribution in [0.3, 0.4) is 0 Å². The molecule has 0 saturated carbocycles. The van der Waals surface area contributed by atoms with E-state index in [1.807, 2.05) is 0 Å². The monoisotopic (exact) mass is 172 g/mol. The minimum absolute atomic E-state index is 0. The molecule has 0 aromatic heterocycles. The first-order valence-electron chi connectivity index (χ1n) is 3.35. The van der Waals surface area contributed by atoms with Crippen LogP contribution in [0, 0.1) is 0 Å². The molecule has 0 aliphatic rings. The molecule has 0 saturated heterocycles. The molecule has 8 heavy (non-hydrogen) atoms. The second kappa shape index (κ2) is 8.03. The van der Waals surface area contributed by atoms with E-state index >= 15 is 0 Å². The Labute approximate surface area is 67.4 Å². The molecule has 52 valence electrons. The molecule has 0 aromatic carbocycles. The first-order valence-corrected chi connectivity index (χ1v) is 5.80. The van der Waals surface area contributed by atoms with E-state index in [0.717, 1.165) is 0 Å². The summed E-state index contributed by atoms with van der Waals surface area (Å²) in [6.45, 7) is 6.97. The van der Waals surface area contributed by atoms with E-state index in [1.54, 1.807) is 0 Å². The summed E-state index contributed by atoms with van der Waals surface area (Å²) >= 11 is -0.171. The van der Waals surface area contributed by atoms with Gasteiger partial charge in [0.1, 0.15) is 0 Å². The van der Waals surface area contributed by atoms with E-state index in [9.17, 15) is 0 Å². The summed E-state index contributed by atoms with van der Waals surface area (Å²) in [4.78, 5) is 0. The number of hydrogen-bond donors (Lipinski definition) is 0. The van der Waals surface area contributed by atoms with Gasteiger partial charge in [0, 0.05) is 16.5 Å². The van der Waals surface area contributed by atoms with Crippen LogP contribution in [-0.2, 0) is 16.5 Å². The van der Waals surface area contributed by atoms with E-state index in [0.29, 0.717) is 0 Å². The fraction of sp³-hybridized carbons (Fsp3) is 1.00. The Hall–Kier alpha value is 1.03. The third-order valence-electron chi connectivity index (χ3n) is 1.73. The van der Waals surface area contributed by atoms with Gasteiger partial charge in [0.05, 0.1) is 0 Å². The molecule has 0 atom stereocenters. The average Bonchev–Trinajstić information content (AvgIpc) is 1.72. The van der Waals surface area contributed by atoms with Crippen LogP contribution >= 0.6 is 0 Å². The smallest absolute Gasteiger partial charge is 0.0967 e. The van der Waals surface area contributed by atoms with Crippen LogP contribution in [0.5, 0.6) is 0 Å². The molecular weight excluding hydrogens is 158 g/mol. The van der Waals surface area contributed by atoms with Crippen LogP contribution in [0.25, 0.3) is 0 Å². The molecule has 0 aliphatic heterocycles. The van der Waals surface area contributed by atoms with Crippen LogP contribution in [0.15, 0.2) is 0 Å². The molecule has 0 spiro atoms. The maximum Gasteiger partial charge on any atom is 0.261 e. The van der Waals surface area contributed by atoms with Gasteiger partial charge in [-0.15, -0.1) is 0 Å². The van der Waals surface area contributed by atoms with Gasteiger partial charge in [-0.1, -0.05) is 36.6 Å². The summed E-state index contributed by atoms with van der Waals surface area (Å²) < 4.78 is 0. The third kappa shape index (κ3) is 5.17. The van der Waals surface area contributed by atoms with Crippen molar-refractivity contribution in [2.24, 2.45) is 0 Å². The molecular formula is C6H15AlNi. The van der Waals surface area contributed by atoms with E-state index in [4.69, 9.17) is 0 Å². The zero-order valence-electron chi connectivity index (χ0n) is 6.01. The van der Waals surface area contributed by atoms with Crippen molar-refractivity contribution in [3.63, 3.8) is 0 Å². The second-order valence-electron chi connectivity index (χ2n) is 2.09. The second-order valence-corrected chi connectivity index (χ2v) is 6.27. The summed E-state index contributed by atoms with van der Waals surface area (Å²) in [7, 11) is 0. The topological polar surface area (TPSA) is 0 Å². The van der Waals surface area contributed by atoms with E-state index < -0.39 is 0 Å². The normalized spacial score (nSPS) is 7.88. The molecule has 0 N–H and O–H groups in total. The molecule has 0 rings (SSSR count). The molecule has 0 aromatic rings. The van der Waals surface area contributed by atoms with Gasteiger partial charge in [-0.05, 0) is 0 Å². The molecule has 0 radical (unpaired) electrons. The van der Waals surface area contributed by atoms with E-state index in [-0.39, 0.29) is 30.6 Å². The summed E-state index contributed by atoms with van der Waals surface area (Å²) in [6.07, 6.45) is 0. The van der Waals surface area contributed by atoms with E-state index in [2.05, 4.69) is 20.8 Å². The van der Waals surface area contributed by atoms with Crippen LogP contribution in [0.4, 0.5) is 0 Å². The molecule has 0 aliphatic carbocycles. The van der Waals surface area contributed by atoms with Crippen molar-refractivity contribution >= 4 is 14.1 Å². The van der Waals surface area contributed by atoms with Crippen LogP contribution in [0.1, 0.15) is 20.8 Å². The fourth-order valence-electron chi connectivity index (χ4n) is 0.866. The molecule has 0 amide bonds. The Morgan fingerprint density at radius 2 is 1.12 bits per heavy atom. The molecule has 0 nitrogen and oxygen atoms in total. The first kappa shape index (κ1) is 11.8. The van der Waals surface area contributed by atoms with Crippen LogP contribution in [0.2, 0.25) is 15.8 Å². The van der Waals surface area contributed by atoms with Crippen LogP contribution < -0.4 is 0 Å².